The molecule has 1 N–H and O–H groups in total. The van der Waals surface area contributed by atoms with Gasteiger partial charge in [-0.05, 0) is 31.9 Å². The summed E-state index contributed by atoms with van der Waals surface area (Å²) in [5.41, 5.74) is -0.00446. The summed E-state index contributed by atoms with van der Waals surface area (Å²) < 4.78 is 11.3. The lowest BCUT2D eigenvalue weighted by Crippen LogP contribution is -2.70. The molecule has 1 saturated heterocycles. The third-order valence-corrected chi connectivity index (χ3v) is 5.47. The van der Waals surface area contributed by atoms with E-state index in [4.69, 9.17) is 9.15 Å². The van der Waals surface area contributed by atoms with Crippen LogP contribution in [0.15, 0.2) is 22.8 Å². The Bertz CT molecular complexity index is 526. The van der Waals surface area contributed by atoms with Gasteiger partial charge in [-0.25, -0.2) is 4.79 Å². The summed E-state index contributed by atoms with van der Waals surface area (Å²) in [5, 5.41) is 3.21. The van der Waals surface area contributed by atoms with Crippen molar-refractivity contribution in [2.75, 3.05) is 13.7 Å². The number of ether oxygens (including phenoxy) is 1. The van der Waals surface area contributed by atoms with Crippen molar-refractivity contribution < 1.29 is 13.9 Å². The predicted octanol–water partition coefficient (Wildman–Crippen LogP) is 3.19. The molecular weight excluding hydrogens is 280 g/mol. The Morgan fingerprint density at radius 1 is 1.50 bits per heavy atom. The van der Waals surface area contributed by atoms with Crippen molar-refractivity contribution in [2.24, 2.45) is 11.3 Å². The minimum absolute atomic E-state index is 0.00446. The van der Waals surface area contributed by atoms with Gasteiger partial charge in [0.05, 0.1) is 18.4 Å². The molecule has 4 atom stereocenters. The highest BCUT2D eigenvalue weighted by atomic mass is 16.5. The second-order valence-corrected chi connectivity index (χ2v) is 7.15. The monoisotopic (exact) mass is 306 g/mol. The van der Waals surface area contributed by atoms with Crippen LogP contribution < -0.4 is 5.32 Å². The summed E-state index contributed by atoms with van der Waals surface area (Å²) in [7, 11) is 1.81. The molecule has 5 heteroatoms. The molecule has 22 heavy (non-hydrogen) atoms. The number of nitrogens with one attached hydrogen (secondary N) is 1. The van der Waals surface area contributed by atoms with Crippen molar-refractivity contribution in [2.45, 2.75) is 51.8 Å². The van der Waals surface area contributed by atoms with E-state index in [1.54, 1.807) is 11.2 Å². The fourth-order valence-electron chi connectivity index (χ4n) is 3.95. The lowest BCUT2D eigenvalue weighted by atomic mass is 9.55. The van der Waals surface area contributed by atoms with E-state index in [1.807, 2.05) is 26.1 Å². The number of carbonyl (C=O) groups excluding carboxylic acids is 1. The highest BCUT2D eigenvalue weighted by Gasteiger charge is 2.58. The van der Waals surface area contributed by atoms with E-state index >= 15 is 0 Å². The first kappa shape index (κ1) is 15.4. The standard InChI is InChI=1S/C17H26N2O3/c1-11(13-8-6-9-21-13)19(4)16(20)18-14-12-7-5-10-22-15(12)17(14,2)3/h6,8-9,11-12,14-15H,5,7,10H2,1-4H3,(H,18,20)/t11-,12-,14-,15+/m1/s1. The van der Waals surface area contributed by atoms with Gasteiger partial charge in [-0.2, -0.15) is 0 Å². The minimum Gasteiger partial charge on any atom is -0.467 e. The SMILES string of the molecule is C[C@H](c1ccco1)N(C)C(=O)N[C@@H]1[C@H]2CCCO[C@@H]2C1(C)C. The van der Waals surface area contributed by atoms with Crippen molar-refractivity contribution in [1.29, 1.82) is 0 Å². The molecule has 1 aliphatic carbocycles. The summed E-state index contributed by atoms with van der Waals surface area (Å²) in [6, 6.07) is 3.78. The van der Waals surface area contributed by atoms with E-state index in [-0.39, 0.29) is 29.6 Å². The van der Waals surface area contributed by atoms with Crippen LogP contribution in [-0.4, -0.2) is 36.7 Å². The average molecular weight is 306 g/mol. The molecule has 2 amide bonds. The smallest absolute Gasteiger partial charge is 0.318 e. The Morgan fingerprint density at radius 2 is 2.27 bits per heavy atom. The molecule has 1 aromatic heterocycles. The van der Waals surface area contributed by atoms with Crippen LogP contribution in [0.25, 0.3) is 0 Å². The number of furan rings is 1. The molecule has 122 valence electrons. The fraction of sp³-hybridized carbons (Fsp3) is 0.706. The molecule has 0 aromatic carbocycles. The topological polar surface area (TPSA) is 54.7 Å². The van der Waals surface area contributed by atoms with Crippen LogP contribution in [0, 0.1) is 11.3 Å². The van der Waals surface area contributed by atoms with Gasteiger partial charge in [0, 0.05) is 31.0 Å². The van der Waals surface area contributed by atoms with Crippen molar-refractivity contribution in [3.8, 4) is 0 Å². The van der Waals surface area contributed by atoms with Gasteiger partial charge in [0.15, 0.2) is 0 Å². The van der Waals surface area contributed by atoms with Gasteiger partial charge in [-0.15, -0.1) is 0 Å². The van der Waals surface area contributed by atoms with E-state index in [0.717, 1.165) is 25.2 Å². The third-order valence-electron chi connectivity index (χ3n) is 5.47. The lowest BCUT2D eigenvalue weighted by Gasteiger charge is -2.60. The van der Waals surface area contributed by atoms with Crippen LogP contribution in [0.4, 0.5) is 4.79 Å². The molecule has 0 unspecified atom stereocenters. The molecule has 2 aliphatic rings. The van der Waals surface area contributed by atoms with Crippen molar-refractivity contribution in [3.63, 3.8) is 0 Å². The first-order chi connectivity index (χ1) is 10.4. The van der Waals surface area contributed by atoms with Gasteiger partial charge in [-0.1, -0.05) is 13.8 Å². The molecular formula is C17H26N2O3. The number of carbonyl (C=O) groups is 1. The van der Waals surface area contributed by atoms with Gasteiger partial charge < -0.3 is 19.4 Å². The molecule has 0 spiro atoms. The summed E-state index contributed by atoms with van der Waals surface area (Å²) in [6.07, 6.45) is 4.13. The summed E-state index contributed by atoms with van der Waals surface area (Å²) >= 11 is 0. The second-order valence-electron chi connectivity index (χ2n) is 7.15. The molecule has 3 rings (SSSR count). The number of hydrogen-bond acceptors (Lipinski definition) is 3. The second kappa shape index (κ2) is 5.61. The van der Waals surface area contributed by atoms with E-state index in [9.17, 15) is 4.79 Å². The average Bonchev–Trinajstić information content (AvgIpc) is 3.05. The minimum atomic E-state index is -0.0865. The Kier molecular flexibility index (Phi) is 3.93. The number of hydrogen-bond donors (Lipinski definition) is 1. The normalized spacial score (nSPS) is 30.8. The highest BCUT2D eigenvalue weighted by molar-refractivity contribution is 5.75. The molecule has 1 aliphatic heterocycles. The largest absolute Gasteiger partial charge is 0.467 e. The van der Waals surface area contributed by atoms with E-state index in [1.165, 1.54) is 0 Å². The van der Waals surface area contributed by atoms with E-state index in [2.05, 4.69) is 19.2 Å². The van der Waals surface area contributed by atoms with Crippen LogP contribution in [0.1, 0.15) is 45.4 Å². The zero-order chi connectivity index (χ0) is 15.9. The molecule has 2 heterocycles. The number of nitrogens with zero attached hydrogens (tertiary/aromatic N) is 1. The van der Waals surface area contributed by atoms with E-state index < -0.39 is 0 Å². The molecule has 5 nitrogen and oxygen atoms in total. The summed E-state index contributed by atoms with van der Waals surface area (Å²) in [4.78, 5) is 14.3. The number of amides is 2. The maximum atomic E-state index is 12.6. The van der Waals surface area contributed by atoms with Gasteiger partial charge >= 0.3 is 6.03 Å². The molecule has 0 bridgehead atoms. The number of rotatable bonds is 3. The first-order valence-corrected chi connectivity index (χ1v) is 8.11. The molecule has 2 fully saturated rings. The number of urea groups is 1. The van der Waals surface area contributed by atoms with Crippen LogP contribution in [0.3, 0.4) is 0 Å². The fourth-order valence-corrected chi connectivity index (χ4v) is 3.95. The van der Waals surface area contributed by atoms with Crippen molar-refractivity contribution >= 4 is 6.03 Å². The summed E-state index contributed by atoms with van der Waals surface area (Å²) in [5.74, 6) is 1.24. The van der Waals surface area contributed by atoms with Crippen LogP contribution in [0.5, 0.6) is 0 Å². The molecule has 1 saturated carbocycles. The Morgan fingerprint density at radius 3 is 2.95 bits per heavy atom. The summed E-state index contributed by atoms with van der Waals surface area (Å²) in [6.45, 7) is 7.18. The third kappa shape index (κ3) is 2.41. The maximum Gasteiger partial charge on any atom is 0.318 e. The van der Waals surface area contributed by atoms with Gasteiger partial charge in [0.2, 0.25) is 0 Å². The Hall–Kier alpha value is -1.49. The van der Waals surface area contributed by atoms with E-state index in [0.29, 0.717) is 5.92 Å². The molecule has 0 radical (unpaired) electrons. The zero-order valence-corrected chi connectivity index (χ0v) is 13.8. The lowest BCUT2D eigenvalue weighted by molar-refractivity contribution is -0.189. The van der Waals surface area contributed by atoms with Crippen molar-refractivity contribution in [3.05, 3.63) is 24.2 Å². The van der Waals surface area contributed by atoms with Crippen molar-refractivity contribution in [1.82, 2.24) is 10.2 Å². The van der Waals surface area contributed by atoms with Gasteiger partial charge in [0.25, 0.3) is 0 Å². The Labute approximate surface area is 132 Å². The quantitative estimate of drug-likeness (QED) is 0.933. The molecule has 1 aromatic rings. The highest BCUT2D eigenvalue weighted by Crippen LogP contribution is 2.51. The first-order valence-electron chi connectivity index (χ1n) is 8.11. The zero-order valence-electron chi connectivity index (χ0n) is 13.8. The Balaban J connectivity index is 1.64. The van der Waals surface area contributed by atoms with Crippen LogP contribution >= 0.6 is 0 Å². The number of fused-ring (bicyclic) bond motifs is 1. The van der Waals surface area contributed by atoms with Gasteiger partial charge in [0.1, 0.15) is 5.76 Å². The van der Waals surface area contributed by atoms with Crippen LogP contribution in [0.2, 0.25) is 0 Å². The predicted molar refractivity (Wildman–Crippen MR) is 83.5 cm³/mol. The van der Waals surface area contributed by atoms with Crippen LogP contribution in [-0.2, 0) is 4.74 Å². The van der Waals surface area contributed by atoms with Gasteiger partial charge in [-0.3, -0.25) is 0 Å². The maximum absolute atomic E-state index is 12.6.